The van der Waals surface area contributed by atoms with Gasteiger partial charge in [-0.2, -0.15) is 0 Å². The van der Waals surface area contributed by atoms with E-state index in [9.17, 15) is 4.79 Å². The first kappa shape index (κ1) is 21.2. The molecule has 2 aromatic heterocycles. The summed E-state index contributed by atoms with van der Waals surface area (Å²) in [6, 6.07) is 7.95. The summed E-state index contributed by atoms with van der Waals surface area (Å²) in [6.45, 7) is 5.77. The second-order valence-corrected chi connectivity index (χ2v) is 8.24. The zero-order valence-corrected chi connectivity index (χ0v) is 18.1. The number of primary amides is 1. The average Bonchev–Trinajstić information content (AvgIpc) is 2.76. The largest absolute Gasteiger partial charge is 0.411 e. The lowest BCUT2D eigenvalue weighted by Crippen LogP contribution is -2.47. The zero-order chi connectivity index (χ0) is 21.8. The summed E-state index contributed by atoms with van der Waals surface area (Å²) in [7, 11) is 0. The number of carbonyl (C=O) groups is 1. The van der Waals surface area contributed by atoms with Gasteiger partial charge >= 0.3 is 6.09 Å². The van der Waals surface area contributed by atoms with Crippen LogP contribution in [-0.2, 0) is 6.54 Å². The van der Waals surface area contributed by atoms with Gasteiger partial charge in [0.15, 0.2) is 0 Å². The van der Waals surface area contributed by atoms with Crippen LogP contribution in [0.15, 0.2) is 53.8 Å². The molecular weight excluding hydrogens is 390 g/mol. The van der Waals surface area contributed by atoms with E-state index < -0.39 is 6.09 Å². The molecule has 0 radical (unpaired) electrons. The number of amides is 1. The summed E-state index contributed by atoms with van der Waals surface area (Å²) < 4.78 is 5.19. The van der Waals surface area contributed by atoms with E-state index in [2.05, 4.69) is 41.9 Å². The standard InChI is InChI=1S/C24H29N5O2/c1-16-7-4-12-26-21(16)19-10-3-11-20(22-17(2)8-5-13-27-22)29(19)15-18-9-6-14-28-23(18)31-24(25)30/h3-4,6-7,9-10,12,14,17,19-20H,5,8,11,13,15H2,1-2H3,(H2,25,30)/t17?,19-,20+/m1/s1. The monoisotopic (exact) mass is 419 g/mol. The summed E-state index contributed by atoms with van der Waals surface area (Å²) in [4.78, 5) is 27.7. The van der Waals surface area contributed by atoms with Gasteiger partial charge in [0.25, 0.3) is 0 Å². The minimum Gasteiger partial charge on any atom is -0.391 e. The Morgan fingerprint density at radius 3 is 2.84 bits per heavy atom. The third kappa shape index (κ3) is 4.66. The van der Waals surface area contributed by atoms with Crippen molar-refractivity contribution in [1.82, 2.24) is 14.9 Å². The smallest absolute Gasteiger partial charge is 0.391 e. The van der Waals surface area contributed by atoms with E-state index in [-0.39, 0.29) is 18.0 Å². The second kappa shape index (κ2) is 9.39. The number of ether oxygens (including phenoxy) is 1. The molecule has 1 unspecified atom stereocenters. The molecule has 1 amide bonds. The predicted octanol–water partition coefficient (Wildman–Crippen LogP) is 3.99. The molecule has 0 aliphatic carbocycles. The molecule has 7 nitrogen and oxygen atoms in total. The molecule has 2 aliphatic heterocycles. The highest BCUT2D eigenvalue weighted by molar-refractivity contribution is 5.92. The summed E-state index contributed by atoms with van der Waals surface area (Å²) in [6.07, 6.45) is 10.2. The van der Waals surface area contributed by atoms with Gasteiger partial charge in [-0.25, -0.2) is 9.78 Å². The lowest BCUT2D eigenvalue weighted by Gasteiger charge is -2.42. The van der Waals surface area contributed by atoms with Crippen LogP contribution in [0.4, 0.5) is 4.79 Å². The minimum atomic E-state index is -0.863. The Hall–Kier alpha value is -3.06. The fraction of sp³-hybridized carbons (Fsp3) is 0.417. The van der Waals surface area contributed by atoms with Gasteiger partial charge in [0, 0.05) is 36.8 Å². The quantitative estimate of drug-likeness (QED) is 0.740. The van der Waals surface area contributed by atoms with Crippen LogP contribution >= 0.6 is 0 Å². The highest BCUT2D eigenvalue weighted by atomic mass is 16.6. The van der Waals surface area contributed by atoms with Crippen molar-refractivity contribution >= 4 is 11.8 Å². The number of hydrogen-bond acceptors (Lipinski definition) is 6. The Morgan fingerprint density at radius 2 is 2.06 bits per heavy atom. The molecule has 31 heavy (non-hydrogen) atoms. The van der Waals surface area contributed by atoms with Crippen LogP contribution < -0.4 is 10.5 Å². The van der Waals surface area contributed by atoms with E-state index in [1.54, 1.807) is 6.20 Å². The van der Waals surface area contributed by atoms with Crippen molar-refractivity contribution in [1.29, 1.82) is 0 Å². The number of pyridine rings is 2. The molecular formula is C24H29N5O2. The van der Waals surface area contributed by atoms with Crippen LogP contribution in [0.1, 0.15) is 49.0 Å². The summed E-state index contributed by atoms with van der Waals surface area (Å²) >= 11 is 0. The number of aromatic nitrogens is 2. The van der Waals surface area contributed by atoms with Crippen molar-refractivity contribution in [2.75, 3.05) is 6.54 Å². The van der Waals surface area contributed by atoms with Gasteiger partial charge in [-0.15, -0.1) is 0 Å². The number of rotatable bonds is 5. The zero-order valence-electron chi connectivity index (χ0n) is 18.1. The maximum Gasteiger partial charge on any atom is 0.411 e. The van der Waals surface area contributed by atoms with Gasteiger partial charge in [0.05, 0.1) is 17.8 Å². The second-order valence-electron chi connectivity index (χ2n) is 8.24. The molecule has 0 bridgehead atoms. The summed E-state index contributed by atoms with van der Waals surface area (Å²) in [5, 5.41) is 0. The van der Waals surface area contributed by atoms with Crippen molar-refractivity contribution in [2.45, 2.75) is 51.7 Å². The van der Waals surface area contributed by atoms with E-state index in [4.69, 9.17) is 20.4 Å². The Balaban J connectivity index is 1.75. The van der Waals surface area contributed by atoms with E-state index in [1.807, 2.05) is 24.4 Å². The molecule has 2 N–H and O–H groups in total. The molecule has 4 heterocycles. The van der Waals surface area contributed by atoms with Crippen molar-refractivity contribution in [3.05, 3.63) is 65.6 Å². The van der Waals surface area contributed by atoms with Gasteiger partial charge in [0.2, 0.25) is 5.88 Å². The number of hydrogen-bond donors (Lipinski definition) is 1. The number of nitrogens with two attached hydrogens (primary N) is 1. The first-order valence-electron chi connectivity index (χ1n) is 10.8. The fourth-order valence-corrected chi connectivity index (χ4v) is 4.60. The molecule has 2 aromatic rings. The van der Waals surface area contributed by atoms with Crippen molar-refractivity contribution in [3.63, 3.8) is 0 Å². The lowest BCUT2D eigenvalue weighted by molar-refractivity contribution is 0.170. The van der Waals surface area contributed by atoms with Crippen molar-refractivity contribution < 1.29 is 9.53 Å². The molecule has 0 fully saturated rings. The molecule has 0 spiro atoms. The topological polar surface area (TPSA) is 93.7 Å². The number of aliphatic imine (C=N–C) groups is 1. The number of aryl methyl sites for hydroxylation is 1. The molecule has 7 heteroatoms. The van der Waals surface area contributed by atoms with Crippen LogP contribution in [0.2, 0.25) is 0 Å². The van der Waals surface area contributed by atoms with Crippen LogP contribution in [-0.4, -0.2) is 39.3 Å². The molecule has 162 valence electrons. The van der Waals surface area contributed by atoms with Gasteiger partial charge in [-0.05, 0) is 49.8 Å². The van der Waals surface area contributed by atoms with Crippen LogP contribution in [0.25, 0.3) is 0 Å². The molecule has 3 atom stereocenters. The molecule has 0 saturated carbocycles. The van der Waals surface area contributed by atoms with Crippen LogP contribution in [0.5, 0.6) is 5.88 Å². The summed E-state index contributed by atoms with van der Waals surface area (Å²) in [5.41, 5.74) is 9.49. The third-order valence-corrected chi connectivity index (χ3v) is 6.10. The van der Waals surface area contributed by atoms with Gasteiger partial charge in [0.1, 0.15) is 0 Å². The maximum absolute atomic E-state index is 11.4. The van der Waals surface area contributed by atoms with Gasteiger partial charge in [-0.1, -0.05) is 31.2 Å². The Morgan fingerprint density at radius 1 is 1.26 bits per heavy atom. The SMILES string of the molecule is Cc1cccnc1[C@H]1C=CC[C@@H](C2=NCCCC2C)N1Cc1cccnc1OC(N)=O. The normalized spacial score (nSPS) is 23.9. The Labute approximate surface area is 183 Å². The highest BCUT2D eigenvalue weighted by Gasteiger charge is 2.36. The predicted molar refractivity (Wildman–Crippen MR) is 120 cm³/mol. The fourth-order valence-electron chi connectivity index (χ4n) is 4.60. The number of carbonyl (C=O) groups excluding carboxylic acids is 1. The van der Waals surface area contributed by atoms with Gasteiger partial charge in [-0.3, -0.25) is 14.9 Å². The van der Waals surface area contributed by atoms with E-state index in [1.165, 1.54) is 5.71 Å². The van der Waals surface area contributed by atoms with Crippen LogP contribution in [0, 0.1) is 12.8 Å². The first-order valence-corrected chi connectivity index (χ1v) is 10.8. The Bertz CT molecular complexity index is 1000. The van der Waals surface area contributed by atoms with E-state index in [0.29, 0.717) is 12.5 Å². The van der Waals surface area contributed by atoms with E-state index in [0.717, 1.165) is 42.6 Å². The first-order chi connectivity index (χ1) is 15.0. The third-order valence-electron chi connectivity index (χ3n) is 6.10. The minimum absolute atomic E-state index is 0.0154. The van der Waals surface area contributed by atoms with Crippen molar-refractivity contribution in [3.8, 4) is 5.88 Å². The maximum atomic E-state index is 11.4. The average molecular weight is 420 g/mol. The molecule has 2 aliphatic rings. The van der Waals surface area contributed by atoms with E-state index >= 15 is 0 Å². The molecule has 4 rings (SSSR count). The summed E-state index contributed by atoms with van der Waals surface area (Å²) in [5.74, 6) is 0.687. The van der Waals surface area contributed by atoms with Crippen LogP contribution in [0.3, 0.4) is 0 Å². The molecule has 0 saturated heterocycles. The number of nitrogens with zero attached hydrogens (tertiary/aromatic N) is 4. The lowest BCUT2D eigenvalue weighted by atomic mass is 9.86. The Kier molecular flexibility index (Phi) is 6.42. The molecule has 0 aromatic carbocycles. The highest BCUT2D eigenvalue weighted by Crippen LogP contribution is 2.35. The van der Waals surface area contributed by atoms with Crippen molar-refractivity contribution in [2.24, 2.45) is 16.6 Å². The van der Waals surface area contributed by atoms with Gasteiger partial charge < -0.3 is 10.5 Å².